The summed E-state index contributed by atoms with van der Waals surface area (Å²) in [7, 11) is -2.54. The molecule has 7 heteroatoms. The maximum atomic E-state index is 12.8. The molecule has 0 amide bonds. The molecule has 6 nitrogen and oxygen atoms in total. The Bertz CT molecular complexity index is 912. The zero-order valence-corrected chi connectivity index (χ0v) is 14.9. The Morgan fingerprint density at radius 3 is 2.36 bits per heavy atom. The number of aliphatic carboxylic acids is 1. The molecule has 132 valence electrons. The quantitative estimate of drug-likeness (QED) is 0.771. The Morgan fingerprint density at radius 2 is 1.80 bits per heavy atom. The molecule has 25 heavy (non-hydrogen) atoms. The van der Waals surface area contributed by atoms with E-state index in [0.717, 1.165) is 17.2 Å². The van der Waals surface area contributed by atoms with Gasteiger partial charge < -0.3 is 9.84 Å². The fourth-order valence-electron chi connectivity index (χ4n) is 2.34. The molecule has 0 atom stereocenters. The molecule has 0 aromatic heterocycles. The minimum atomic E-state index is -3.92. The van der Waals surface area contributed by atoms with Gasteiger partial charge in [-0.3, -0.25) is 4.72 Å². The Morgan fingerprint density at radius 1 is 1.16 bits per heavy atom. The van der Waals surface area contributed by atoms with Gasteiger partial charge in [0.05, 0.1) is 12.8 Å². The first-order valence-electron chi connectivity index (χ1n) is 7.42. The summed E-state index contributed by atoms with van der Waals surface area (Å²) in [5.74, 6) is -0.944. The lowest BCUT2D eigenvalue weighted by Crippen LogP contribution is -2.16. The summed E-state index contributed by atoms with van der Waals surface area (Å²) in [6, 6.07) is 9.91. The zero-order chi connectivity index (χ0) is 18.6. The third-order valence-corrected chi connectivity index (χ3v) is 4.98. The number of aryl methyl sites for hydroxylation is 2. The lowest BCUT2D eigenvalue weighted by atomic mass is 10.1. The first kappa shape index (κ1) is 18.5. The average molecular weight is 361 g/mol. The molecule has 0 fully saturated rings. The molecular weight excluding hydrogens is 342 g/mol. The molecular formula is C18H19NO5S. The summed E-state index contributed by atoms with van der Waals surface area (Å²) in [5.41, 5.74) is 2.54. The van der Waals surface area contributed by atoms with E-state index in [2.05, 4.69) is 4.72 Å². The van der Waals surface area contributed by atoms with Gasteiger partial charge in [0.1, 0.15) is 10.6 Å². The number of benzene rings is 2. The van der Waals surface area contributed by atoms with Crippen molar-refractivity contribution < 1.29 is 23.1 Å². The number of anilines is 1. The van der Waals surface area contributed by atoms with Crippen LogP contribution in [-0.4, -0.2) is 26.6 Å². The third-order valence-electron chi connectivity index (χ3n) is 3.61. The topological polar surface area (TPSA) is 92.7 Å². The lowest BCUT2D eigenvalue weighted by molar-refractivity contribution is -0.131. The molecule has 0 radical (unpaired) electrons. The van der Waals surface area contributed by atoms with E-state index >= 15 is 0 Å². The average Bonchev–Trinajstić information content (AvgIpc) is 2.56. The molecule has 0 saturated heterocycles. The SMILES string of the molecule is COc1ccc(C=CC(=O)O)cc1S(=O)(=O)Nc1c(C)cccc1C. The van der Waals surface area contributed by atoms with Crippen LogP contribution in [0.3, 0.4) is 0 Å². The van der Waals surface area contributed by atoms with E-state index in [-0.39, 0.29) is 10.6 Å². The Kier molecular flexibility index (Phi) is 5.48. The second-order valence-corrected chi connectivity index (χ2v) is 7.10. The van der Waals surface area contributed by atoms with Crippen LogP contribution in [0.5, 0.6) is 5.75 Å². The van der Waals surface area contributed by atoms with Crippen molar-refractivity contribution in [1.29, 1.82) is 0 Å². The summed E-state index contributed by atoms with van der Waals surface area (Å²) in [4.78, 5) is 10.6. The first-order valence-corrected chi connectivity index (χ1v) is 8.91. The highest BCUT2D eigenvalue weighted by atomic mass is 32.2. The highest BCUT2D eigenvalue weighted by Gasteiger charge is 2.21. The van der Waals surface area contributed by atoms with Crippen molar-refractivity contribution in [2.45, 2.75) is 18.7 Å². The van der Waals surface area contributed by atoms with Gasteiger partial charge in [-0.05, 0) is 48.7 Å². The molecule has 0 aliphatic rings. The molecule has 2 rings (SSSR count). The van der Waals surface area contributed by atoms with E-state index in [1.807, 2.05) is 32.0 Å². The van der Waals surface area contributed by atoms with Crippen molar-refractivity contribution in [3.63, 3.8) is 0 Å². The fourth-order valence-corrected chi connectivity index (χ4v) is 3.75. The van der Waals surface area contributed by atoms with E-state index in [1.165, 1.54) is 25.3 Å². The zero-order valence-electron chi connectivity index (χ0n) is 14.1. The molecule has 2 aromatic rings. The summed E-state index contributed by atoms with van der Waals surface area (Å²) >= 11 is 0. The van der Waals surface area contributed by atoms with Crippen LogP contribution in [0.15, 0.2) is 47.4 Å². The molecule has 0 spiro atoms. The number of carboxylic acids is 1. The molecule has 2 aromatic carbocycles. The second kappa shape index (κ2) is 7.40. The van der Waals surface area contributed by atoms with Crippen LogP contribution in [0.1, 0.15) is 16.7 Å². The van der Waals surface area contributed by atoms with Crippen molar-refractivity contribution in [3.05, 3.63) is 59.2 Å². The van der Waals surface area contributed by atoms with Gasteiger partial charge >= 0.3 is 5.97 Å². The number of ether oxygens (including phenoxy) is 1. The van der Waals surface area contributed by atoms with Crippen LogP contribution in [-0.2, 0) is 14.8 Å². The number of carbonyl (C=O) groups is 1. The van der Waals surface area contributed by atoms with Crippen LogP contribution in [0.25, 0.3) is 6.08 Å². The third kappa shape index (κ3) is 4.39. The predicted molar refractivity (Wildman–Crippen MR) is 96.4 cm³/mol. The molecule has 0 unspecified atom stereocenters. The van der Waals surface area contributed by atoms with Crippen LogP contribution in [0.4, 0.5) is 5.69 Å². The first-order chi connectivity index (χ1) is 11.7. The van der Waals surface area contributed by atoms with Crippen LogP contribution in [0.2, 0.25) is 0 Å². The second-order valence-electron chi connectivity index (χ2n) is 5.45. The van der Waals surface area contributed by atoms with Gasteiger partial charge in [-0.1, -0.05) is 24.3 Å². The number of carboxylic acid groups (broad SMARTS) is 1. The number of methoxy groups -OCH3 is 1. The maximum absolute atomic E-state index is 12.8. The fraction of sp³-hybridized carbons (Fsp3) is 0.167. The molecule has 0 bridgehead atoms. The van der Waals surface area contributed by atoms with Crippen molar-refractivity contribution in [2.75, 3.05) is 11.8 Å². The molecule has 0 saturated carbocycles. The van der Waals surface area contributed by atoms with E-state index in [0.29, 0.717) is 11.3 Å². The molecule has 0 aliphatic carbocycles. The molecule has 0 aliphatic heterocycles. The van der Waals surface area contributed by atoms with Crippen molar-refractivity contribution >= 4 is 27.8 Å². The standard InChI is InChI=1S/C18H19NO5S/c1-12-5-4-6-13(2)18(12)19-25(22,23)16-11-14(8-10-17(20)21)7-9-15(16)24-3/h4-11,19H,1-3H3,(H,20,21). The number of para-hydroxylation sites is 1. The lowest BCUT2D eigenvalue weighted by Gasteiger charge is -2.15. The van der Waals surface area contributed by atoms with Gasteiger partial charge in [-0.25, -0.2) is 13.2 Å². The van der Waals surface area contributed by atoms with Crippen molar-refractivity contribution in [2.24, 2.45) is 0 Å². The van der Waals surface area contributed by atoms with E-state index < -0.39 is 16.0 Å². The van der Waals surface area contributed by atoms with E-state index in [9.17, 15) is 13.2 Å². The molecule has 2 N–H and O–H groups in total. The summed E-state index contributed by atoms with van der Waals surface area (Å²) in [6.45, 7) is 3.63. The van der Waals surface area contributed by atoms with Gasteiger partial charge in [0.15, 0.2) is 0 Å². The normalized spacial score (nSPS) is 11.5. The number of rotatable bonds is 6. The van der Waals surface area contributed by atoms with Crippen LogP contribution < -0.4 is 9.46 Å². The predicted octanol–water partition coefficient (Wildman–Crippen LogP) is 3.21. The van der Waals surface area contributed by atoms with Crippen LogP contribution >= 0.6 is 0 Å². The molecule has 0 heterocycles. The van der Waals surface area contributed by atoms with Gasteiger partial charge in [0.2, 0.25) is 0 Å². The van der Waals surface area contributed by atoms with Gasteiger partial charge in [-0.2, -0.15) is 0 Å². The highest BCUT2D eigenvalue weighted by molar-refractivity contribution is 7.92. The van der Waals surface area contributed by atoms with Crippen LogP contribution in [0, 0.1) is 13.8 Å². The minimum Gasteiger partial charge on any atom is -0.495 e. The maximum Gasteiger partial charge on any atom is 0.328 e. The Hall–Kier alpha value is -2.80. The number of hydrogen-bond acceptors (Lipinski definition) is 4. The number of nitrogens with one attached hydrogen (secondary N) is 1. The summed E-state index contributed by atoms with van der Waals surface area (Å²) in [5, 5.41) is 8.72. The Balaban J connectivity index is 2.50. The minimum absolute atomic E-state index is 0.0646. The van der Waals surface area contributed by atoms with E-state index in [1.54, 1.807) is 6.07 Å². The van der Waals surface area contributed by atoms with E-state index in [4.69, 9.17) is 9.84 Å². The smallest absolute Gasteiger partial charge is 0.328 e. The highest BCUT2D eigenvalue weighted by Crippen LogP contribution is 2.29. The van der Waals surface area contributed by atoms with Gasteiger partial charge in [-0.15, -0.1) is 0 Å². The Labute approximate surface area is 146 Å². The van der Waals surface area contributed by atoms with Crippen molar-refractivity contribution in [1.82, 2.24) is 0 Å². The van der Waals surface area contributed by atoms with Crippen molar-refractivity contribution in [3.8, 4) is 5.75 Å². The summed E-state index contributed by atoms with van der Waals surface area (Å²) < 4.78 is 33.4. The largest absolute Gasteiger partial charge is 0.495 e. The van der Waals surface area contributed by atoms with Gasteiger partial charge in [0.25, 0.3) is 10.0 Å². The monoisotopic (exact) mass is 361 g/mol. The number of sulfonamides is 1. The summed E-state index contributed by atoms with van der Waals surface area (Å²) in [6.07, 6.45) is 2.26. The van der Waals surface area contributed by atoms with Gasteiger partial charge in [0, 0.05) is 6.08 Å². The number of hydrogen-bond donors (Lipinski definition) is 2.